The van der Waals surface area contributed by atoms with Crippen LogP contribution >= 0.6 is 11.6 Å². The van der Waals surface area contributed by atoms with Gasteiger partial charge in [0.15, 0.2) is 0 Å². The molecule has 1 heteroatoms. The predicted octanol–water partition coefficient (Wildman–Crippen LogP) is 2.97. The zero-order valence-electron chi connectivity index (χ0n) is 6.08. The van der Waals surface area contributed by atoms with Gasteiger partial charge >= 0.3 is 0 Å². The van der Waals surface area contributed by atoms with E-state index in [1.807, 2.05) is 0 Å². The Bertz CT molecular complexity index is 136. The summed E-state index contributed by atoms with van der Waals surface area (Å²) in [6.45, 7) is 4.45. The second-order valence-electron chi connectivity index (χ2n) is 2.88. The highest BCUT2D eigenvalue weighted by Gasteiger charge is 2.17. The topological polar surface area (TPSA) is 0 Å². The van der Waals surface area contributed by atoms with Crippen molar-refractivity contribution in [2.24, 2.45) is 5.92 Å². The van der Waals surface area contributed by atoms with Crippen LogP contribution in [0.25, 0.3) is 0 Å². The summed E-state index contributed by atoms with van der Waals surface area (Å²) in [6.07, 6.45) is 2.58. The molecule has 0 saturated heterocycles. The van der Waals surface area contributed by atoms with Crippen LogP contribution in [-0.2, 0) is 0 Å². The molecule has 0 spiro atoms. The van der Waals surface area contributed by atoms with Crippen LogP contribution in [0.1, 0.15) is 26.7 Å². The average Bonchev–Trinajstić information content (AvgIpc) is 2.12. The fourth-order valence-electron chi connectivity index (χ4n) is 1.43. The summed E-state index contributed by atoms with van der Waals surface area (Å²) in [4.78, 5) is 0. The van der Waals surface area contributed by atoms with Crippen LogP contribution < -0.4 is 0 Å². The molecule has 1 atom stereocenters. The molecule has 0 heterocycles. The highest BCUT2D eigenvalue weighted by atomic mass is 35.5. The van der Waals surface area contributed by atoms with Crippen LogP contribution in [0.4, 0.5) is 0 Å². The van der Waals surface area contributed by atoms with Gasteiger partial charge in [0.25, 0.3) is 0 Å². The largest absolute Gasteiger partial charge is 0.122 e. The molecule has 0 aromatic heterocycles. The number of hydrogen-bond acceptors (Lipinski definition) is 0. The third kappa shape index (κ3) is 1.29. The van der Waals surface area contributed by atoms with Gasteiger partial charge in [-0.2, -0.15) is 0 Å². The lowest BCUT2D eigenvalue weighted by atomic mass is 10.1. The quantitative estimate of drug-likeness (QED) is 0.392. The molecule has 0 aliphatic heterocycles. The minimum atomic E-state index is 0.743. The number of hydrogen-bond donors (Lipinski definition) is 0. The Labute approximate surface area is 61.9 Å². The van der Waals surface area contributed by atoms with Gasteiger partial charge in [0.05, 0.1) is 0 Å². The Morgan fingerprint density at radius 1 is 1.67 bits per heavy atom. The van der Waals surface area contributed by atoms with E-state index in [1.54, 1.807) is 0 Å². The monoisotopic (exact) mass is 144 g/mol. The van der Waals surface area contributed by atoms with E-state index in [0.29, 0.717) is 0 Å². The standard InChI is InChI=1S/C8H13Cl/c1-6-3-4-7(2)8(6)5-9/h6H,3-5H2,1-2H3/t6-/m1/s1. The molecule has 1 aliphatic rings. The summed E-state index contributed by atoms with van der Waals surface area (Å²) in [5, 5.41) is 0. The van der Waals surface area contributed by atoms with E-state index < -0.39 is 0 Å². The average molecular weight is 145 g/mol. The minimum absolute atomic E-state index is 0.743. The van der Waals surface area contributed by atoms with Crippen molar-refractivity contribution >= 4 is 11.6 Å². The molecule has 0 aromatic rings. The first kappa shape index (κ1) is 7.14. The van der Waals surface area contributed by atoms with Crippen molar-refractivity contribution in [3.8, 4) is 0 Å². The SMILES string of the molecule is CC1=C(CCl)[C@H](C)CC1. The van der Waals surface area contributed by atoms with Crippen LogP contribution in [0.2, 0.25) is 0 Å². The molecule has 0 aromatic carbocycles. The van der Waals surface area contributed by atoms with Gasteiger partial charge < -0.3 is 0 Å². The van der Waals surface area contributed by atoms with Crippen molar-refractivity contribution in [2.75, 3.05) is 5.88 Å². The lowest BCUT2D eigenvalue weighted by Crippen LogP contribution is -1.93. The van der Waals surface area contributed by atoms with Crippen LogP contribution in [0.5, 0.6) is 0 Å². The van der Waals surface area contributed by atoms with E-state index in [-0.39, 0.29) is 0 Å². The van der Waals surface area contributed by atoms with Crippen LogP contribution in [-0.4, -0.2) is 5.88 Å². The summed E-state index contributed by atoms with van der Waals surface area (Å²) < 4.78 is 0. The fraction of sp³-hybridized carbons (Fsp3) is 0.750. The number of alkyl halides is 1. The zero-order valence-corrected chi connectivity index (χ0v) is 6.83. The van der Waals surface area contributed by atoms with Crippen molar-refractivity contribution in [1.29, 1.82) is 0 Å². The second-order valence-corrected chi connectivity index (χ2v) is 3.15. The van der Waals surface area contributed by atoms with Crippen molar-refractivity contribution in [3.63, 3.8) is 0 Å². The first-order valence-corrected chi connectivity index (χ1v) is 4.03. The first-order valence-electron chi connectivity index (χ1n) is 3.50. The number of allylic oxidation sites excluding steroid dienone is 2. The Morgan fingerprint density at radius 3 is 2.56 bits per heavy atom. The van der Waals surface area contributed by atoms with Gasteiger partial charge in [-0.1, -0.05) is 18.1 Å². The van der Waals surface area contributed by atoms with Crippen molar-refractivity contribution < 1.29 is 0 Å². The lowest BCUT2D eigenvalue weighted by molar-refractivity contribution is 0.670. The van der Waals surface area contributed by atoms with E-state index in [1.165, 1.54) is 24.0 Å². The molecule has 0 unspecified atom stereocenters. The van der Waals surface area contributed by atoms with Gasteiger partial charge in [0.1, 0.15) is 0 Å². The van der Waals surface area contributed by atoms with Crippen LogP contribution in [0.3, 0.4) is 0 Å². The first-order chi connectivity index (χ1) is 4.25. The van der Waals surface area contributed by atoms with E-state index >= 15 is 0 Å². The van der Waals surface area contributed by atoms with Crippen LogP contribution in [0, 0.1) is 5.92 Å². The van der Waals surface area contributed by atoms with Crippen molar-refractivity contribution in [3.05, 3.63) is 11.1 Å². The van der Waals surface area contributed by atoms with Gasteiger partial charge in [-0.3, -0.25) is 0 Å². The molecule has 0 amide bonds. The summed E-state index contributed by atoms with van der Waals surface area (Å²) in [5.74, 6) is 1.50. The summed E-state index contributed by atoms with van der Waals surface area (Å²) >= 11 is 5.74. The molecule has 52 valence electrons. The minimum Gasteiger partial charge on any atom is -0.122 e. The maximum Gasteiger partial charge on any atom is 0.0438 e. The Kier molecular flexibility index (Phi) is 2.18. The lowest BCUT2D eigenvalue weighted by Gasteiger charge is -2.03. The second kappa shape index (κ2) is 2.74. The maximum absolute atomic E-state index is 5.74. The van der Waals surface area contributed by atoms with Gasteiger partial charge in [0, 0.05) is 5.88 Å². The molecule has 1 aliphatic carbocycles. The summed E-state index contributed by atoms with van der Waals surface area (Å²) in [7, 11) is 0. The summed E-state index contributed by atoms with van der Waals surface area (Å²) in [6, 6.07) is 0. The van der Waals surface area contributed by atoms with E-state index in [4.69, 9.17) is 11.6 Å². The Hall–Kier alpha value is 0.0300. The smallest absolute Gasteiger partial charge is 0.0438 e. The maximum atomic E-state index is 5.74. The van der Waals surface area contributed by atoms with Gasteiger partial charge in [-0.15, -0.1) is 11.6 Å². The molecule has 0 radical (unpaired) electrons. The van der Waals surface area contributed by atoms with Gasteiger partial charge in [0.2, 0.25) is 0 Å². The summed E-state index contributed by atoms with van der Waals surface area (Å²) in [5.41, 5.74) is 3.01. The van der Waals surface area contributed by atoms with Crippen molar-refractivity contribution in [1.82, 2.24) is 0 Å². The number of rotatable bonds is 1. The number of halogens is 1. The molecule has 9 heavy (non-hydrogen) atoms. The molecular formula is C8H13Cl. The fourth-order valence-corrected chi connectivity index (χ4v) is 1.93. The third-order valence-corrected chi connectivity index (χ3v) is 2.53. The molecule has 0 bridgehead atoms. The van der Waals surface area contributed by atoms with Gasteiger partial charge in [-0.05, 0) is 25.7 Å². The Balaban J connectivity index is 2.69. The van der Waals surface area contributed by atoms with Crippen LogP contribution in [0.15, 0.2) is 11.1 Å². The molecule has 0 nitrogen and oxygen atoms in total. The zero-order chi connectivity index (χ0) is 6.85. The highest BCUT2D eigenvalue weighted by molar-refractivity contribution is 6.19. The van der Waals surface area contributed by atoms with Gasteiger partial charge in [-0.25, -0.2) is 0 Å². The normalized spacial score (nSPS) is 27.7. The molecule has 0 fully saturated rings. The highest BCUT2D eigenvalue weighted by Crippen LogP contribution is 2.31. The molecular weight excluding hydrogens is 132 g/mol. The predicted molar refractivity (Wildman–Crippen MR) is 41.8 cm³/mol. The molecule has 1 rings (SSSR count). The molecule has 0 N–H and O–H groups in total. The van der Waals surface area contributed by atoms with E-state index in [9.17, 15) is 0 Å². The van der Waals surface area contributed by atoms with Crippen molar-refractivity contribution in [2.45, 2.75) is 26.7 Å². The third-order valence-electron chi connectivity index (χ3n) is 2.24. The Morgan fingerprint density at radius 2 is 2.33 bits per heavy atom. The molecule has 0 saturated carbocycles. The van der Waals surface area contributed by atoms with E-state index in [0.717, 1.165) is 11.8 Å². The van der Waals surface area contributed by atoms with E-state index in [2.05, 4.69) is 13.8 Å².